The summed E-state index contributed by atoms with van der Waals surface area (Å²) in [7, 11) is 1.95. The van der Waals surface area contributed by atoms with Crippen molar-refractivity contribution in [1.29, 1.82) is 0 Å². The lowest BCUT2D eigenvalue weighted by atomic mass is 10.1. The number of hydrogen-bond acceptors (Lipinski definition) is 4. The molecule has 0 saturated carbocycles. The molecule has 0 bridgehead atoms. The molecule has 3 rings (SSSR count). The molecule has 0 saturated heterocycles. The number of fused-ring (bicyclic) bond motifs is 1. The van der Waals surface area contributed by atoms with Crippen molar-refractivity contribution in [2.75, 3.05) is 13.2 Å². The molecule has 0 radical (unpaired) electrons. The summed E-state index contributed by atoms with van der Waals surface area (Å²) in [6.45, 7) is 9.57. The molecule has 144 valence electrons. The SMILES string of the molecule is CCOC(=O)c1c(C)n(C)c2ccc(OCCCn3nc(C)cc3C)cc12. The van der Waals surface area contributed by atoms with E-state index in [1.54, 1.807) is 0 Å². The van der Waals surface area contributed by atoms with Gasteiger partial charge in [-0.15, -0.1) is 0 Å². The van der Waals surface area contributed by atoms with Gasteiger partial charge in [0.25, 0.3) is 0 Å². The van der Waals surface area contributed by atoms with Crippen LogP contribution in [0, 0.1) is 20.8 Å². The van der Waals surface area contributed by atoms with Gasteiger partial charge < -0.3 is 14.0 Å². The first kappa shape index (κ1) is 19.0. The third-order valence-electron chi connectivity index (χ3n) is 4.83. The van der Waals surface area contributed by atoms with E-state index < -0.39 is 0 Å². The van der Waals surface area contributed by atoms with Gasteiger partial charge in [0.15, 0.2) is 0 Å². The maximum atomic E-state index is 12.4. The normalized spacial score (nSPS) is 11.1. The van der Waals surface area contributed by atoms with Crippen LogP contribution in [0.4, 0.5) is 0 Å². The van der Waals surface area contributed by atoms with Crippen molar-refractivity contribution >= 4 is 16.9 Å². The predicted molar refractivity (Wildman–Crippen MR) is 105 cm³/mol. The molecule has 0 unspecified atom stereocenters. The zero-order chi connectivity index (χ0) is 19.6. The number of carbonyl (C=O) groups is 1. The smallest absolute Gasteiger partial charge is 0.340 e. The van der Waals surface area contributed by atoms with E-state index in [9.17, 15) is 4.79 Å². The molecule has 0 aliphatic rings. The van der Waals surface area contributed by atoms with Crippen molar-refractivity contribution in [2.45, 2.75) is 40.7 Å². The molecule has 0 atom stereocenters. The molecule has 2 heterocycles. The number of ether oxygens (including phenoxy) is 2. The number of aromatic nitrogens is 3. The van der Waals surface area contributed by atoms with Crippen LogP contribution < -0.4 is 4.74 Å². The van der Waals surface area contributed by atoms with Crippen LogP contribution >= 0.6 is 0 Å². The Kier molecular flexibility index (Phi) is 5.54. The third-order valence-corrected chi connectivity index (χ3v) is 4.83. The van der Waals surface area contributed by atoms with Gasteiger partial charge in [-0.25, -0.2) is 4.79 Å². The molecule has 0 aliphatic carbocycles. The molecule has 0 spiro atoms. The Balaban J connectivity index is 1.73. The minimum atomic E-state index is -0.290. The lowest BCUT2D eigenvalue weighted by Crippen LogP contribution is -2.07. The van der Waals surface area contributed by atoms with Crippen LogP contribution in [0.2, 0.25) is 0 Å². The maximum absolute atomic E-state index is 12.4. The largest absolute Gasteiger partial charge is 0.494 e. The van der Waals surface area contributed by atoms with E-state index in [2.05, 4.69) is 18.1 Å². The van der Waals surface area contributed by atoms with Crippen molar-refractivity contribution in [2.24, 2.45) is 7.05 Å². The van der Waals surface area contributed by atoms with Crippen LogP contribution in [0.1, 0.15) is 40.8 Å². The summed E-state index contributed by atoms with van der Waals surface area (Å²) in [6, 6.07) is 7.93. The van der Waals surface area contributed by atoms with Crippen molar-refractivity contribution in [3.8, 4) is 5.75 Å². The second-order valence-electron chi connectivity index (χ2n) is 6.77. The lowest BCUT2D eigenvalue weighted by molar-refractivity contribution is 0.0527. The molecule has 6 heteroatoms. The standard InChI is InChI=1S/C21H27N3O3/c1-6-26-21(25)20-16(4)23(5)19-9-8-17(13-18(19)20)27-11-7-10-24-15(3)12-14(2)22-24/h8-9,12-13H,6-7,10-11H2,1-5H3. The highest BCUT2D eigenvalue weighted by Gasteiger charge is 2.20. The van der Waals surface area contributed by atoms with E-state index in [1.807, 2.05) is 55.3 Å². The Morgan fingerprint density at radius 3 is 2.63 bits per heavy atom. The summed E-state index contributed by atoms with van der Waals surface area (Å²) < 4.78 is 15.2. The Labute approximate surface area is 159 Å². The van der Waals surface area contributed by atoms with Gasteiger partial charge in [-0.3, -0.25) is 4.68 Å². The van der Waals surface area contributed by atoms with Gasteiger partial charge in [-0.2, -0.15) is 5.10 Å². The molecule has 3 aromatic rings. The summed E-state index contributed by atoms with van der Waals surface area (Å²) in [5.41, 5.74) is 4.69. The molecule has 1 aromatic carbocycles. The summed E-state index contributed by atoms with van der Waals surface area (Å²) in [5.74, 6) is 0.467. The molecule has 0 aliphatic heterocycles. The molecule has 6 nitrogen and oxygen atoms in total. The summed E-state index contributed by atoms with van der Waals surface area (Å²) >= 11 is 0. The molecule has 0 N–H and O–H groups in total. The number of esters is 1. The van der Waals surface area contributed by atoms with E-state index in [0.717, 1.165) is 46.7 Å². The van der Waals surface area contributed by atoms with Crippen LogP contribution in [-0.2, 0) is 18.3 Å². The third kappa shape index (κ3) is 3.84. The highest BCUT2D eigenvalue weighted by Crippen LogP contribution is 2.29. The number of nitrogens with zero attached hydrogens (tertiary/aromatic N) is 3. The lowest BCUT2D eigenvalue weighted by Gasteiger charge is -2.08. The van der Waals surface area contributed by atoms with Gasteiger partial charge >= 0.3 is 5.97 Å². The van der Waals surface area contributed by atoms with Gasteiger partial charge in [0.1, 0.15) is 5.75 Å². The first-order valence-corrected chi connectivity index (χ1v) is 9.32. The van der Waals surface area contributed by atoms with Crippen LogP contribution in [0.3, 0.4) is 0 Å². The molecule has 0 fully saturated rings. The van der Waals surface area contributed by atoms with Crippen molar-refractivity contribution in [3.63, 3.8) is 0 Å². The van der Waals surface area contributed by atoms with Crippen LogP contribution in [0.5, 0.6) is 5.75 Å². The second kappa shape index (κ2) is 7.86. The first-order chi connectivity index (χ1) is 12.9. The number of hydrogen-bond donors (Lipinski definition) is 0. The summed E-state index contributed by atoms with van der Waals surface area (Å²) in [6.07, 6.45) is 0.860. The van der Waals surface area contributed by atoms with Gasteiger partial charge in [0.2, 0.25) is 0 Å². The van der Waals surface area contributed by atoms with E-state index in [0.29, 0.717) is 18.8 Å². The van der Waals surface area contributed by atoms with E-state index in [4.69, 9.17) is 9.47 Å². The average molecular weight is 369 g/mol. The van der Waals surface area contributed by atoms with Gasteiger partial charge in [-0.1, -0.05) is 0 Å². The Hall–Kier alpha value is -2.76. The van der Waals surface area contributed by atoms with Gasteiger partial charge in [0, 0.05) is 42.3 Å². The van der Waals surface area contributed by atoms with Crippen LogP contribution in [0.25, 0.3) is 10.9 Å². The van der Waals surface area contributed by atoms with Crippen LogP contribution in [-0.4, -0.2) is 33.5 Å². The Morgan fingerprint density at radius 2 is 1.96 bits per heavy atom. The van der Waals surface area contributed by atoms with Crippen molar-refractivity contribution < 1.29 is 14.3 Å². The predicted octanol–water partition coefficient (Wildman–Crippen LogP) is 3.95. The number of benzene rings is 1. The quantitative estimate of drug-likeness (QED) is 0.467. The fourth-order valence-corrected chi connectivity index (χ4v) is 3.41. The van der Waals surface area contributed by atoms with E-state index in [1.165, 1.54) is 0 Å². The monoisotopic (exact) mass is 369 g/mol. The first-order valence-electron chi connectivity index (χ1n) is 9.32. The topological polar surface area (TPSA) is 58.3 Å². The van der Waals surface area contributed by atoms with Crippen LogP contribution in [0.15, 0.2) is 24.3 Å². The fourth-order valence-electron chi connectivity index (χ4n) is 3.41. The van der Waals surface area contributed by atoms with E-state index >= 15 is 0 Å². The zero-order valence-corrected chi connectivity index (χ0v) is 16.7. The number of rotatable bonds is 7. The van der Waals surface area contributed by atoms with Gasteiger partial charge in [0.05, 0.1) is 24.5 Å². The maximum Gasteiger partial charge on any atom is 0.340 e. The van der Waals surface area contributed by atoms with Crippen molar-refractivity contribution in [1.82, 2.24) is 14.3 Å². The highest BCUT2D eigenvalue weighted by molar-refractivity contribution is 6.06. The minimum absolute atomic E-state index is 0.290. The highest BCUT2D eigenvalue weighted by atomic mass is 16.5. The zero-order valence-electron chi connectivity index (χ0n) is 16.7. The number of carbonyl (C=O) groups excluding carboxylic acids is 1. The second-order valence-corrected chi connectivity index (χ2v) is 6.77. The molecule has 0 amide bonds. The van der Waals surface area contributed by atoms with Crippen molar-refractivity contribution in [3.05, 3.63) is 46.9 Å². The summed E-state index contributed by atoms with van der Waals surface area (Å²) in [5, 5.41) is 5.33. The average Bonchev–Trinajstić information content (AvgIpc) is 3.08. The molecule has 2 aromatic heterocycles. The minimum Gasteiger partial charge on any atom is -0.494 e. The van der Waals surface area contributed by atoms with Gasteiger partial charge in [-0.05, 0) is 52.0 Å². The number of aryl methyl sites for hydroxylation is 4. The molecular formula is C21H27N3O3. The Morgan fingerprint density at radius 1 is 1.19 bits per heavy atom. The molecular weight excluding hydrogens is 342 g/mol. The Bertz CT molecular complexity index is 969. The fraction of sp³-hybridized carbons (Fsp3) is 0.429. The summed E-state index contributed by atoms with van der Waals surface area (Å²) in [4.78, 5) is 12.4. The molecule has 27 heavy (non-hydrogen) atoms. The van der Waals surface area contributed by atoms with E-state index in [-0.39, 0.29) is 5.97 Å².